The number of aromatic nitrogens is 2. The second-order valence-electron chi connectivity index (χ2n) is 7.67. The topological polar surface area (TPSA) is 103 Å². The lowest BCUT2D eigenvalue weighted by atomic mass is 10.1. The molecule has 0 saturated carbocycles. The summed E-state index contributed by atoms with van der Waals surface area (Å²) in [5.41, 5.74) is 10.4. The molecule has 1 aromatic heterocycles. The Morgan fingerprint density at radius 3 is 2.69 bits per heavy atom. The Bertz CT molecular complexity index is 1070. The summed E-state index contributed by atoms with van der Waals surface area (Å²) in [6.07, 6.45) is 0.935. The molecule has 0 bridgehead atoms. The van der Waals surface area contributed by atoms with E-state index in [-0.39, 0.29) is 11.9 Å². The summed E-state index contributed by atoms with van der Waals surface area (Å²) in [5.74, 6) is 1.32. The molecule has 32 heavy (non-hydrogen) atoms. The van der Waals surface area contributed by atoms with E-state index in [4.69, 9.17) is 20.3 Å². The van der Waals surface area contributed by atoms with Gasteiger partial charge in [-0.3, -0.25) is 4.79 Å². The first-order chi connectivity index (χ1) is 15.7. The molecule has 168 valence electrons. The maximum atomic E-state index is 12.5. The Morgan fingerprint density at radius 1 is 1.25 bits per heavy atom. The molecule has 1 unspecified atom stereocenters. The summed E-state index contributed by atoms with van der Waals surface area (Å²) < 4.78 is 12.8. The maximum absolute atomic E-state index is 12.5. The van der Waals surface area contributed by atoms with Gasteiger partial charge in [0, 0.05) is 37.9 Å². The number of carbonyl (C=O) groups is 1. The van der Waals surface area contributed by atoms with Gasteiger partial charge in [-0.15, -0.1) is 0 Å². The Hall–Kier alpha value is -3.36. The molecule has 1 atom stereocenters. The third-order valence-corrected chi connectivity index (χ3v) is 5.73. The summed E-state index contributed by atoms with van der Waals surface area (Å²) in [6.45, 7) is 2.20. The van der Waals surface area contributed by atoms with Crippen molar-refractivity contribution in [3.63, 3.8) is 0 Å². The van der Waals surface area contributed by atoms with Crippen molar-refractivity contribution in [1.82, 2.24) is 15.1 Å². The number of carbonyl (C=O) groups excluding carboxylic acids is 1. The average Bonchev–Trinajstić information content (AvgIpc) is 3.50. The zero-order chi connectivity index (χ0) is 22.5. The number of nitrogens with one attached hydrogen (secondary N) is 2. The van der Waals surface area contributed by atoms with E-state index >= 15 is 0 Å². The van der Waals surface area contributed by atoms with E-state index in [1.165, 1.54) is 0 Å². The van der Waals surface area contributed by atoms with Gasteiger partial charge in [-0.1, -0.05) is 36.4 Å². The minimum atomic E-state index is -0.173. The van der Waals surface area contributed by atoms with Crippen LogP contribution in [-0.2, 0) is 17.8 Å². The number of nitrogens with two attached hydrogens (primary N) is 1. The molecule has 4 rings (SSSR count). The molecule has 1 aliphatic rings. The molecule has 2 heterocycles. The van der Waals surface area contributed by atoms with E-state index in [2.05, 4.69) is 10.6 Å². The van der Waals surface area contributed by atoms with Gasteiger partial charge >= 0.3 is 0 Å². The molecule has 1 aliphatic heterocycles. The van der Waals surface area contributed by atoms with Gasteiger partial charge in [0.2, 0.25) is 0 Å². The Kier molecular flexibility index (Phi) is 6.72. The van der Waals surface area contributed by atoms with E-state index in [0.29, 0.717) is 31.0 Å². The largest absolute Gasteiger partial charge is 0.496 e. The van der Waals surface area contributed by atoms with Crippen molar-refractivity contribution in [1.29, 1.82) is 0 Å². The number of anilines is 1. The van der Waals surface area contributed by atoms with E-state index in [9.17, 15) is 4.79 Å². The van der Waals surface area contributed by atoms with Crippen molar-refractivity contribution in [2.75, 3.05) is 32.7 Å². The molecule has 8 nitrogen and oxygen atoms in total. The van der Waals surface area contributed by atoms with Crippen LogP contribution in [0.3, 0.4) is 0 Å². The highest BCUT2D eigenvalue weighted by Crippen LogP contribution is 2.33. The van der Waals surface area contributed by atoms with Gasteiger partial charge in [-0.05, 0) is 24.1 Å². The van der Waals surface area contributed by atoms with Crippen molar-refractivity contribution in [3.8, 4) is 17.0 Å². The van der Waals surface area contributed by atoms with Crippen LogP contribution in [-0.4, -0.2) is 43.1 Å². The van der Waals surface area contributed by atoms with Gasteiger partial charge < -0.3 is 25.8 Å². The molecule has 1 fully saturated rings. The van der Waals surface area contributed by atoms with Crippen molar-refractivity contribution in [3.05, 3.63) is 65.2 Å². The van der Waals surface area contributed by atoms with Crippen LogP contribution in [0.5, 0.6) is 5.75 Å². The minimum absolute atomic E-state index is 0.173. The molecule has 0 aliphatic carbocycles. The van der Waals surface area contributed by atoms with Gasteiger partial charge in [-0.2, -0.15) is 5.10 Å². The predicted molar refractivity (Wildman–Crippen MR) is 124 cm³/mol. The third kappa shape index (κ3) is 4.32. The summed E-state index contributed by atoms with van der Waals surface area (Å²) in [4.78, 5) is 12.5. The Balaban J connectivity index is 1.51. The monoisotopic (exact) mass is 435 g/mol. The number of benzene rings is 2. The van der Waals surface area contributed by atoms with E-state index in [1.54, 1.807) is 19.2 Å². The number of nitrogens with zero attached hydrogens (tertiary/aromatic N) is 2. The smallest absolute Gasteiger partial charge is 0.255 e. The van der Waals surface area contributed by atoms with Crippen LogP contribution in [0.2, 0.25) is 0 Å². The number of para-hydroxylation sites is 1. The summed E-state index contributed by atoms with van der Waals surface area (Å²) in [5, 5.41) is 11.1. The highest BCUT2D eigenvalue weighted by molar-refractivity contribution is 5.96. The van der Waals surface area contributed by atoms with Gasteiger partial charge in [-0.25, -0.2) is 4.68 Å². The fraction of sp³-hybridized carbons (Fsp3) is 0.333. The molecule has 1 saturated heterocycles. The van der Waals surface area contributed by atoms with E-state index in [0.717, 1.165) is 41.2 Å². The molecule has 4 N–H and O–H groups in total. The number of ether oxygens (including phenoxy) is 2. The summed E-state index contributed by atoms with van der Waals surface area (Å²) >= 11 is 0. The van der Waals surface area contributed by atoms with Crippen LogP contribution >= 0.6 is 0 Å². The SMILES string of the molecule is CNc1c(CN)c(-c2ccc(CNC(=O)c3ccccc3OC)cc2)nn1C1CCOC1. The molecule has 1 amide bonds. The van der Waals surface area contributed by atoms with Crippen molar-refractivity contribution >= 4 is 11.7 Å². The number of amides is 1. The number of hydrogen-bond donors (Lipinski definition) is 3. The molecule has 3 aromatic rings. The fourth-order valence-corrected chi connectivity index (χ4v) is 4.03. The number of hydrogen-bond acceptors (Lipinski definition) is 6. The van der Waals surface area contributed by atoms with Gasteiger partial charge in [0.15, 0.2) is 0 Å². The first-order valence-corrected chi connectivity index (χ1v) is 10.7. The third-order valence-electron chi connectivity index (χ3n) is 5.73. The molecule has 0 radical (unpaired) electrons. The molecule has 0 spiro atoms. The summed E-state index contributed by atoms with van der Waals surface area (Å²) in [7, 11) is 3.45. The second kappa shape index (κ2) is 9.84. The highest BCUT2D eigenvalue weighted by Gasteiger charge is 2.25. The molecule has 2 aromatic carbocycles. The number of methoxy groups -OCH3 is 1. The zero-order valence-corrected chi connectivity index (χ0v) is 18.4. The summed E-state index contributed by atoms with van der Waals surface area (Å²) in [6, 6.07) is 15.4. The normalized spacial score (nSPS) is 15.5. The Labute approximate surface area is 187 Å². The molecular weight excluding hydrogens is 406 g/mol. The van der Waals surface area contributed by atoms with Crippen LogP contribution in [0.25, 0.3) is 11.3 Å². The lowest BCUT2D eigenvalue weighted by Gasteiger charge is -2.13. The van der Waals surface area contributed by atoms with Crippen molar-refractivity contribution in [2.24, 2.45) is 5.73 Å². The van der Waals surface area contributed by atoms with Gasteiger partial charge in [0.05, 0.1) is 31.0 Å². The van der Waals surface area contributed by atoms with Crippen LogP contribution in [0, 0.1) is 0 Å². The van der Waals surface area contributed by atoms with Gasteiger partial charge in [0.25, 0.3) is 5.91 Å². The lowest BCUT2D eigenvalue weighted by molar-refractivity contribution is 0.0948. The highest BCUT2D eigenvalue weighted by atomic mass is 16.5. The zero-order valence-electron chi connectivity index (χ0n) is 18.4. The maximum Gasteiger partial charge on any atom is 0.255 e. The van der Waals surface area contributed by atoms with Crippen LogP contribution in [0.4, 0.5) is 5.82 Å². The van der Waals surface area contributed by atoms with E-state index in [1.807, 2.05) is 48.1 Å². The number of rotatable bonds is 8. The first-order valence-electron chi connectivity index (χ1n) is 10.7. The van der Waals surface area contributed by atoms with Gasteiger partial charge in [0.1, 0.15) is 11.6 Å². The molecule has 8 heteroatoms. The van der Waals surface area contributed by atoms with Crippen LogP contribution in [0.1, 0.15) is 33.9 Å². The van der Waals surface area contributed by atoms with Crippen molar-refractivity contribution < 1.29 is 14.3 Å². The minimum Gasteiger partial charge on any atom is -0.496 e. The van der Waals surface area contributed by atoms with E-state index < -0.39 is 0 Å². The average molecular weight is 436 g/mol. The Morgan fingerprint density at radius 2 is 2.03 bits per heavy atom. The first kappa shape index (κ1) is 21.9. The van der Waals surface area contributed by atoms with Crippen molar-refractivity contribution in [2.45, 2.75) is 25.6 Å². The van der Waals surface area contributed by atoms with Crippen LogP contribution in [0.15, 0.2) is 48.5 Å². The predicted octanol–water partition coefficient (Wildman–Crippen LogP) is 2.95. The molecular formula is C24H29N5O3. The van der Waals surface area contributed by atoms with Crippen LogP contribution < -0.4 is 21.1 Å². The lowest BCUT2D eigenvalue weighted by Crippen LogP contribution is -2.23. The second-order valence-corrected chi connectivity index (χ2v) is 7.67. The quantitative estimate of drug-likeness (QED) is 0.503. The fourth-order valence-electron chi connectivity index (χ4n) is 4.03. The standard InChI is InChI=1S/C24H29N5O3/c1-26-23-20(13-25)22(28-29(23)18-11-12-32-15-18)17-9-7-16(8-10-17)14-27-24(30)19-5-3-4-6-21(19)31-2/h3-10,18,26H,11-15,25H2,1-2H3,(H,27,30).